The zero-order chi connectivity index (χ0) is 14.7. The fourth-order valence-corrected chi connectivity index (χ4v) is 1.88. The molecule has 0 aliphatic carbocycles. The Morgan fingerprint density at radius 3 is 2.80 bits per heavy atom. The van der Waals surface area contributed by atoms with E-state index in [0.29, 0.717) is 5.65 Å². The van der Waals surface area contributed by atoms with Crippen LogP contribution in [0.2, 0.25) is 0 Å². The number of hydrogen-bond donors (Lipinski definition) is 2. The van der Waals surface area contributed by atoms with Gasteiger partial charge in [0.05, 0.1) is 12.6 Å². The molecule has 2 aromatic heterocycles. The Bertz CT molecular complexity index is 659. The molecular formula is C13H18N4O3. The smallest absolute Gasteiger partial charge is 0.350 e. The first-order valence-corrected chi connectivity index (χ1v) is 6.47. The summed E-state index contributed by atoms with van der Waals surface area (Å²) < 4.78 is 2.48. The minimum atomic E-state index is -0.360. The molecular weight excluding hydrogens is 260 g/mol. The third-order valence-electron chi connectivity index (χ3n) is 3.13. The largest absolute Gasteiger partial charge is 0.394 e. The average molecular weight is 278 g/mol. The van der Waals surface area contributed by atoms with Gasteiger partial charge in [0.15, 0.2) is 5.65 Å². The summed E-state index contributed by atoms with van der Waals surface area (Å²) in [6.07, 6.45) is 1.60. The van der Waals surface area contributed by atoms with E-state index in [9.17, 15) is 14.7 Å². The van der Waals surface area contributed by atoms with E-state index >= 15 is 0 Å². The number of amides is 1. The lowest BCUT2D eigenvalue weighted by Gasteiger charge is -2.19. The van der Waals surface area contributed by atoms with E-state index < -0.39 is 0 Å². The lowest BCUT2D eigenvalue weighted by atomic mass is 10.1. The number of aliphatic hydroxyl groups excluding tert-OH is 1. The van der Waals surface area contributed by atoms with E-state index in [0.717, 1.165) is 4.68 Å². The molecule has 7 nitrogen and oxygen atoms in total. The van der Waals surface area contributed by atoms with Crippen LogP contribution in [-0.2, 0) is 11.3 Å². The van der Waals surface area contributed by atoms with Crippen molar-refractivity contribution >= 4 is 11.6 Å². The van der Waals surface area contributed by atoms with E-state index in [2.05, 4.69) is 10.4 Å². The molecule has 0 aliphatic heterocycles. The van der Waals surface area contributed by atoms with Crippen molar-refractivity contribution in [1.82, 2.24) is 19.5 Å². The van der Waals surface area contributed by atoms with Crippen molar-refractivity contribution in [2.45, 2.75) is 26.4 Å². The molecule has 0 fully saturated rings. The maximum absolute atomic E-state index is 12.0. The van der Waals surface area contributed by atoms with Crippen LogP contribution < -0.4 is 11.0 Å². The Kier molecular flexibility index (Phi) is 4.19. The second kappa shape index (κ2) is 5.87. The van der Waals surface area contributed by atoms with Crippen LogP contribution in [0.4, 0.5) is 0 Å². The maximum Gasteiger partial charge on any atom is 0.350 e. The highest BCUT2D eigenvalue weighted by Crippen LogP contribution is 2.00. The SMILES string of the molecule is CC(C)C(CO)NC(=O)Cn1nc2ccccn2c1=O. The Balaban J connectivity index is 2.14. The number of aliphatic hydroxyl groups is 1. The molecule has 2 rings (SSSR count). The predicted octanol–water partition coefficient (Wildman–Crippen LogP) is -0.371. The predicted molar refractivity (Wildman–Crippen MR) is 73.3 cm³/mol. The van der Waals surface area contributed by atoms with Crippen molar-refractivity contribution in [3.8, 4) is 0 Å². The number of fused-ring (bicyclic) bond motifs is 1. The van der Waals surface area contributed by atoms with Crippen molar-refractivity contribution < 1.29 is 9.90 Å². The molecule has 2 aromatic rings. The second-order valence-corrected chi connectivity index (χ2v) is 4.97. The summed E-state index contributed by atoms with van der Waals surface area (Å²) in [5.41, 5.74) is 0.133. The molecule has 0 saturated heterocycles. The van der Waals surface area contributed by atoms with Gasteiger partial charge in [-0.2, -0.15) is 0 Å². The van der Waals surface area contributed by atoms with Crippen LogP contribution in [0.1, 0.15) is 13.8 Å². The van der Waals surface area contributed by atoms with Crippen LogP contribution in [0.3, 0.4) is 0 Å². The van der Waals surface area contributed by atoms with E-state index in [1.807, 2.05) is 13.8 Å². The van der Waals surface area contributed by atoms with Gasteiger partial charge >= 0.3 is 5.69 Å². The number of nitrogens with one attached hydrogen (secondary N) is 1. The second-order valence-electron chi connectivity index (χ2n) is 4.97. The number of carbonyl (C=O) groups excluding carboxylic acids is 1. The molecule has 2 N–H and O–H groups in total. The summed E-state index contributed by atoms with van der Waals surface area (Å²) in [6, 6.07) is 4.86. The number of nitrogens with zero attached hydrogens (tertiary/aromatic N) is 3. The van der Waals surface area contributed by atoms with Gasteiger partial charge in [0.25, 0.3) is 0 Å². The van der Waals surface area contributed by atoms with Crippen molar-refractivity contribution in [2.24, 2.45) is 5.92 Å². The third kappa shape index (κ3) is 2.88. The van der Waals surface area contributed by atoms with E-state index in [4.69, 9.17) is 0 Å². The fourth-order valence-electron chi connectivity index (χ4n) is 1.88. The molecule has 7 heteroatoms. The van der Waals surface area contributed by atoms with Gasteiger partial charge < -0.3 is 10.4 Å². The fraction of sp³-hybridized carbons (Fsp3) is 0.462. The number of pyridine rings is 1. The summed E-state index contributed by atoms with van der Waals surface area (Å²) in [7, 11) is 0. The number of rotatable bonds is 5. The molecule has 0 spiro atoms. The highest BCUT2D eigenvalue weighted by atomic mass is 16.3. The highest BCUT2D eigenvalue weighted by Gasteiger charge is 2.16. The van der Waals surface area contributed by atoms with Crippen LogP contribution in [-0.4, -0.2) is 37.8 Å². The normalized spacial score (nSPS) is 12.8. The van der Waals surface area contributed by atoms with Gasteiger partial charge in [-0.1, -0.05) is 19.9 Å². The van der Waals surface area contributed by atoms with Crippen LogP contribution >= 0.6 is 0 Å². The van der Waals surface area contributed by atoms with Gasteiger partial charge in [-0.25, -0.2) is 9.48 Å². The van der Waals surface area contributed by atoms with Gasteiger partial charge in [0, 0.05) is 6.20 Å². The van der Waals surface area contributed by atoms with Crippen LogP contribution in [0.25, 0.3) is 5.65 Å². The lowest BCUT2D eigenvalue weighted by molar-refractivity contribution is -0.123. The van der Waals surface area contributed by atoms with Gasteiger partial charge in [0.1, 0.15) is 6.54 Å². The number of hydrogen-bond acceptors (Lipinski definition) is 4. The molecule has 1 amide bonds. The standard InChI is InChI=1S/C13H18N4O3/c1-9(2)10(8-18)14-12(19)7-17-13(20)16-6-4-3-5-11(16)15-17/h3-6,9-10,18H,7-8H2,1-2H3,(H,14,19). The van der Waals surface area contributed by atoms with Gasteiger partial charge in [0.2, 0.25) is 5.91 Å². The molecule has 0 saturated carbocycles. The first-order valence-electron chi connectivity index (χ1n) is 6.47. The molecule has 1 atom stereocenters. The zero-order valence-electron chi connectivity index (χ0n) is 11.5. The summed E-state index contributed by atoms with van der Waals surface area (Å²) in [5, 5.41) is 15.9. The Hall–Kier alpha value is -2.15. The van der Waals surface area contributed by atoms with E-state index in [1.54, 1.807) is 24.4 Å². The van der Waals surface area contributed by atoms with Gasteiger partial charge in [-0.05, 0) is 18.1 Å². The molecule has 1 unspecified atom stereocenters. The summed E-state index contributed by atoms with van der Waals surface area (Å²) in [4.78, 5) is 23.9. The highest BCUT2D eigenvalue weighted by molar-refractivity contribution is 5.76. The molecule has 0 radical (unpaired) electrons. The molecule has 0 aliphatic rings. The maximum atomic E-state index is 12.0. The summed E-state index contributed by atoms with van der Waals surface area (Å²) >= 11 is 0. The van der Waals surface area contributed by atoms with Gasteiger partial charge in [-0.15, -0.1) is 5.10 Å². The monoisotopic (exact) mass is 278 g/mol. The zero-order valence-corrected chi connectivity index (χ0v) is 11.5. The van der Waals surface area contributed by atoms with Gasteiger partial charge in [-0.3, -0.25) is 9.20 Å². The lowest BCUT2D eigenvalue weighted by Crippen LogP contribution is -2.43. The van der Waals surface area contributed by atoms with Crippen molar-refractivity contribution in [2.75, 3.05) is 6.61 Å². The van der Waals surface area contributed by atoms with E-state index in [1.165, 1.54) is 4.40 Å². The first-order chi connectivity index (χ1) is 9.52. The Morgan fingerprint density at radius 1 is 1.45 bits per heavy atom. The van der Waals surface area contributed by atoms with Crippen molar-refractivity contribution in [3.05, 3.63) is 34.9 Å². The third-order valence-corrected chi connectivity index (χ3v) is 3.13. The molecule has 0 bridgehead atoms. The van der Waals surface area contributed by atoms with Crippen molar-refractivity contribution in [1.29, 1.82) is 0 Å². The molecule has 108 valence electrons. The quantitative estimate of drug-likeness (QED) is 0.781. The molecule has 0 aromatic carbocycles. The Labute approximate surface area is 115 Å². The molecule has 20 heavy (non-hydrogen) atoms. The minimum absolute atomic E-state index is 0.113. The molecule has 2 heterocycles. The topological polar surface area (TPSA) is 88.6 Å². The number of carbonyl (C=O) groups is 1. The van der Waals surface area contributed by atoms with Crippen molar-refractivity contribution in [3.63, 3.8) is 0 Å². The average Bonchev–Trinajstić information content (AvgIpc) is 2.73. The first kappa shape index (κ1) is 14.3. The van der Waals surface area contributed by atoms with Crippen LogP contribution in [0.15, 0.2) is 29.2 Å². The summed E-state index contributed by atoms with van der Waals surface area (Å²) in [6.45, 7) is 3.50. The van der Waals surface area contributed by atoms with Crippen LogP contribution in [0.5, 0.6) is 0 Å². The Morgan fingerprint density at radius 2 is 2.20 bits per heavy atom. The minimum Gasteiger partial charge on any atom is -0.394 e. The number of aromatic nitrogens is 3. The van der Waals surface area contributed by atoms with Crippen LogP contribution in [0, 0.1) is 5.92 Å². The summed E-state index contributed by atoms with van der Waals surface area (Å²) in [5.74, 6) is -0.231. The van der Waals surface area contributed by atoms with E-state index in [-0.39, 0.29) is 36.7 Å².